The van der Waals surface area contributed by atoms with E-state index in [1.165, 1.54) is 0 Å². The van der Waals surface area contributed by atoms with Crippen molar-refractivity contribution in [1.29, 1.82) is 0 Å². The van der Waals surface area contributed by atoms with E-state index in [1.807, 2.05) is 31.2 Å². The van der Waals surface area contributed by atoms with Gasteiger partial charge in [-0.1, -0.05) is 36.4 Å². The summed E-state index contributed by atoms with van der Waals surface area (Å²) in [4.78, 5) is 37.7. The Balaban J connectivity index is 1.75. The number of carbonyl (C=O) groups is 3. The molecule has 0 unspecified atom stereocenters. The molecule has 0 atom stereocenters. The van der Waals surface area contributed by atoms with Crippen molar-refractivity contribution in [3.63, 3.8) is 0 Å². The summed E-state index contributed by atoms with van der Waals surface area (Å²) in [5.74, 6) is -0.929. The molecule has 0 spiro atoms. The largest absolute Gasteiger partial charge is 0.297 e. The van der Waals surface area contributed by atoms with Gasteiger partial charge in [0.15, 0.2) is 5.78 Å². The van der Waals surface area contributed by atoms with Crippen LogP contribution in [0.5, 0.6) is 0 Å². The summed E-state index contributed by atoms with van der Waals surface area (Å²) in [7, 11) is 0. The average Bonchev–Trinajstić information content (AvgIpc) is 2.75. The highest BCUT2D eigenvalue weighted by Gasteiger charge is 2.36. The lowest BCUT2D eigenvalue weighted by Crippen LogP contribution is -2.35. The van der Waals surface area contributed by atoms with Gasteiger partial charge in [-0.15, -0.1) is 0 Å². The molecule has 0 fully saturated rings. The van der Waals surface area contributed by atoms with Crippen LogP contribution in [0.1, 0.15) is 31.8 Å². The lowest BCUT2D eigenvalue weighted by Gasteiger charge is -2.13. The summed E-state index contributed by atoms with van der Waals surface area (Å²) in [6, 6.07) is 14.2. The third-order valence-electron chi connectivity index (χ3n) is 3.86. The molecule has 0 aliphatic carbocycles. The second kappa shape index (κ2) is 5.56. The smallest absolute Gasteiger partial charge is 0.261 e. The van der Waals surface area contributed by atoms with E-state index >= 15 is 0 Å². The van der Waals surface area contributed by atoms with Gasteiger partial charge in [0.25, 0.3) is 11.8 Å². The van der Waals surface area contributed by atoms with E-state index in [2.05, 4.69) is 0 Å². The highest BCUT2D eigenvalue weighted by atomic mass is 16.2. The van der Waals surface area contributed by atoms with Crippen LogP contribution in [0.25, 0.3) is 0 Å². The first kappa shape index (κ1) is 14.2. The van der Waals surface area contributed by atoms with Crippen LogP contribution in [0.4, 0.5) is 0 Å². The topological polar surface area (TPSA) is 54.5 Å². The average molecular weight is 293 g/mol. The van der Waals surface area contributed by atoms with Crippen LogP contribution in [0.15, 0.2) is 48.5 Å². The Hall–Kier alpha value is -2.75. The van der Waals surface area contributed by atoms with E-state index in [-0.39, 0.29) is 18.7 Å². The number of hydrogen-bond acceptors (Lipinski definition) is 3. The van der Waals surface area contributed by atoms with Crippen LogP contribution >= 0.6 is 0 Å². The number of carbonyl (C=O) groups excluding carboxylic acids is 3. The molecule has 3 rings (SSSR count). The lowest BCUT2D eigenvalue weighted by molar-refractivity contribution is -0.118. The fourth-order valence-electron chi connectivity index (χ4n) is 2.64. The first-order valence-electron chi connectivity index (χ1n) is 7.09. The molecule has 0 N–H and O–H groups in total. The molecule has 1 aliphatic heterocycles. The number of amides is 2. The molecule has 0 aromatic heterocycles. The number of aryl methyl sites for hydroxylation is 1. The number of fused-ring (bicyclic) bond motifs is 1. The van der Waals surface area contributed by atoms with Crippen LogP contribution < -0.4 is 0 Å². The monoisotopic (exact) mass is 293 g/mol. The summed E-state index contributed by atoms with van der Waals surface area (Å²) < 4.78 is 0. The Kier molecular flexibility index (Phi) is 3.59. The molecule has 4 nitrogen and oxygen atoms in total. The van der Waals surface area contributed by atoms with Crippen molar-refractivity contribution in [2.24, 2.45) is 0 Å². The van der Waals surface area contributed by atoms with E-state index in [0.29, 0.717) is 11.1 Å². The fraction of sp³-hybridized carbons (Fsp3) is 0.167. The molecular weight excluding hydrogens is 278 g/mol. The normalized spacial score (nSPS) is 13.4. The van der Waals surface area contributed by atoms with Gasteiger partial charge in [0.2, 0.25) is 0 Å². The van der Waals surface area contributed by atoms with E-state index in [9.17, 15) is 14.4 Å². The van der Waals surface area contributed by atoms with Gasteiger partial charge < -0.3 is 0 Å². The minimum atomic E-state index is -0.390. The lowest BCUT2D eigenvalue weighted by atomic mass is 10.0. The molecule has 110 valence electrons. The summed E-state index contributed by atoms with van der Waals surface area (Å²) >= 11 is 0. The van der Waals surface area contributed by atoms with E-state index in [0.717, 1.165) is 16.0 Å². The number of rotatable bonds is 4. The van der Waals surface area contributed by atoms with Crippen LogP contribution in [-0.4, -0.2) is 29.0 Å². The summed E-state index contributed by atoms with van der Waals surface area (Å²) in [6.07, 6.45) is 0.222. The van der Waals surface area contributed by atoms with Gasteiger partial charge in [0, 0.05) is 6.42 Å². The van der Waals surface area contributed by atoms with Crippen molar-refractivity contribution in [3.8, 4) is 0 Å². The van der Waals surface area contributed by atoms with Gasteiger partial charge in [-0.25, -0.2) is 0 Å². The molecule has 0 saturated heterocycles. The summed E-state index contributed by atoms with van der Waals surface area (Å²) in [5, 5.41) is 0. The second-order valence-corrected chi connectivity index (χ2v) is 5.38. The number of imide groups is 1. The van der Waals surface area contributed by atoms with Crippen LogP contribution in [0, 0.1) is 6.92 Å². The van der Waals surface area contributed by atoms with Gasteiger partial charge >= 0.3 is 0 Å². The Morgan fingerprint density at radius 1 is 0.909 bits per heavy atom. The summed E-state index contributed by atoms with van der Waals surface area (Å²) in [6.45, 7) is 1.76. The zero-order valence-electron chi connectivity index (χ0n) is 12.2. The predicted molar refractivity (Wildman–Crippen MR) is 81.7 cm³/mol. The molecular formula is C18H15NO3. The molecule has 1 aliphatic rings. The molecule has 1 heterocycles. The Morgan fingerprint density at radius 2 is 1.45 bits per heavy atom. The molecule has 4 heteroatoms. The fourth-order valence-corrected chi connectivity index (χ4v) is 2.64. The van der Waals surface area contributed by atoms with Crippen molar-refractivity contribution < 1.29 is 14.4 Å². The van der Waals surface area contributed by atoms with Crippen molar-refractivity contribution in [2.45, 2.75) is 13.3 Å². The van der Waals surface area contributed by atoms with Gasteiger partial charge in [-0.05, 0) is 30.2 Å². The standard InChI is InChI=1S/C18H15NO3/c1-12-6-2-3-7-13(12)10-14(20)11-19-17(21)15-8-4-5-9-16(15)18(19)22/h2-9H,10-11H2,1H3. The first-order valence-corrected chi connectivity index (χ1v) is 7.09. The molecule has 2 aromatic carbocycles. The van der Waals surface area contributed by atoms with Gasteiger partial charge in [0.1, 0.15) is 0 Å². The zero-order chi connectivity index (χ0) is 15.7. The van der Waals surface area contributed by atoms with Crippen molar-refractivity contribution >= 4 is 17.6 Å². The first-order chi connectivity index (χ1) is 10.6. The molecule has 0 radical (unpaired) electrons. The predicted octanol–water partition coefficient (Wildman–Crippen LogP) is 2.40. The van der Waals surface area contributed by atoms with Gasteiger partial charge in [-0.2, -0.15) is 0 Å². The van der Waals surface area contributed by atoms with Crippen LogP contribution in [-0.2, 0) is 11.2 Å². The third kappa shape index (κ3) is 2.44. The maximum atomic E-state index is 12.2. The Morgan fingerprint density at radius 3 is 2.05 bits per heavy atom. The zero-order valence-corrected chi connectivity index (χ0v) is 12.2. The van der Waals surface area contributed by atoms with Gasteiger partial charge in [-0.3, -0.25) is 19.3 Å². The van der Waals surface area contributed by atoms with Crippen molar-refractivity contribution in [1.82, 2.24) is 4.90 Å². The SMILES string of the molecule is Cc1ccccc1CC(=O)CN1C(=O)c2ccccc2C1=O. The minimum Gasteiger partial charge on any atom is -0.297 e. The summed E-state index contributed by atoms with van der Waals surface area (Å²) in [5.41, 5.74) is 2.69. The maximum absolute atomic E-state index is 12.2. The Bertz CT molecular complexity index is 744. The maximum Gasteiger partial charge on any atom is 0.261 e. The number of Topliss-reactive ketones (excluding diaryl/α,β-unsaturated/α-hetero) is 1. The number of hydrogen-bond donors (Lipinski definition) is 0. The van der Waals surface area contributed by atoms with Crippen molar-refractivity contribution in [3.05, 3.63) is 70.8 Å². The van der Waals surface area contributed by atoms with Crippen molar-refractivity contribution in [2.75, 3.05) is 6.54 Å². The number of nitrogens with zero attached hydrogens (tertiary/aromatic N) is 1. The van der Waals surface area contributed by atoms with E-state index in [1.54, 1.807) is 24.3 Å². The molecule has 2 amide bonds. The highest BCUT2D eigenvalue weighted by molar-refractivity contribution is 6.22. The molecule has 0 saturated carbocycles. The van der Waals surface area contributed by atoms with E-state index in [4.69, 9.17) is 0 Å². The Labute approximate surface area is 128 Å². The molecule has 2 aromatic rings. The number of ketones is 1. The highest BCUT2D eigenvalue weighted by Crippen LogP contribution is 2.22. The van der Waals surface area contributed by atoms with Gasteiger partial charge in [0.05, 0.1) is 17.7 Å². The molecule has 0 bridgehead atoms. The second-order valence-electron chi connectivity index (χ2n) is 5.38. The third-order valence-corrected chi connectivity index (χ3v) is 3.86. The van der Waals surface area contributed by atoms with E-state index < -0.39 is 11.8 Å². The van der Waals surface area contributed by atoms with Crippen LogP contribution in [0.2, 0.25) is 0 Å². The minimum absolute atomic E-state index is 0.149. The molecule has 22 heavy (non-hydrogen) atoms. The number of benzene rings is 2. The van der Waals surface area contributed by atoms with Crippen LogP contribution in [0.3, 0.4) is 0 Å². The quantitative estimate of drug-likeness (QED) is 0.813.